The lowest BCUT2D eigenvalue weighted by atomic mass is 10.1. The highest BCUT2D eigenvalue weighted by Gasteiger charge is 2.35. The number of hydrogen-bond acceptors (Lipinski definition) is 7. The summed E-state index contributed by atoms with van der Waals surface area (Å²) >= 11 is 6.43. The van der Waals surface area contributed by atoms with Gasteiger partial charge in [0, 0.05) is 18.5 Å². The van der Waals surface area contributed by atoms with Crippen LogP contribution in [-0.4, -0.2) is 54.2 Å². The Morgan fingerprint density at radius 1 is 1.23 bits per heavy atom. The molecular formula is C20H20ClF3N6O. The van der Waals surface area contributed by atoms with Gasteiger partial charge in [0.1, 0.15) is 17.2 Å². The van der Waals surface area contributed by atoms with Crippen LogP contribution in [0.25, 0.3) is 22.2 Å². The fourth-order valence-electron chi connectivity index (χ4n) is 3.63. The van der Waals surface area contributed by atoms with Gasteiger partial charge in [0.2, 0.25) is 0 Å². The molecule has 0 bridgehead atoms. The topological polar surface area (TPSA) is 89.2 Å². The molecule has 0 saturated carbocycles. The van der Waals surface area contributed by atoms with E-state index in [1.165, 1.54) is 18.1 Å². The van der Waals surface area contributed by atoms with Crippen LogP contribution in [0.1, 0.15) is 5.56 Å². The number of pyridine rings is 1. The zero-order valence-corrected chi connectivity index (χ0v) is 17.6. The van der Waals surface area contributed by atoms with Gasteiger partial charge in [-0.3, -0.25) is 0 Å². The van der Waals surface area contributed by atoms with Crippen LogP contribution in [0.5, 0.6) is 6.01 Å². The van der Waals surface area contributed by atoms with Gasteiger partial charge in [0.25, 0.3) is 5.92 Å². The van der Waals surface area contributed by atoms with E-state index in [2.05, 4.69) is 20.3 Å². The molecule has 11 heteroatoms. The Balaban J connectivity index is 1.95. The number of nitrogens with one attached hydrogen (secondary N) is 1. The van der Waals surface area contributed by atoms with Gasteiger partial charge in [0.05, 0.1) is 36.5 Å². The number of halogens is 4. The van der Waals surface area contributed by atoms with Crippen molar-refractivity contribution in [2.45, 2.75) is 12.8 Å². The van der Waals surface area contributed by atoms with Crippen molar-refractivity contribution < 1.29 is 17.9 Å². The summed E-state index contributed by atoms with van der Waals surface area (Å²) in [7, 11) is 1.32. The van der Waals surface area contributed by atoms with E-state index in [4.69, 9.17) is 22.1 Å². The molecule has 1 fully saturated rings. The second kappa shape index (κ2) is 8.01. The van der Waals surface area contributed by atoms with Crippen molar-refractivity contribution in [1.29, 1.82) is 0 Å². The third-order valence-electron chi connectivity index (χ3n) is 4.93. The van der Waals surface area contributed by atoms with E-state index < -0.39 is 24.8 Å². The molecule has 1 saturated heterocycles. The molecular weight excluding hydrogens is 433 g/mol. The summed E-state index contributed by atoms with van der Waals surface area (Å²) in [4.78, 5) is 13.9. The lowest BCUT2D eigenvalue weighted by Crippen LogP contribution is -2.39. The number of hydrogen-bond donors (Lipinski definition) is 2. The maximum atomic E-state index is 15.7. The lowest BCUT2D eigenvalue weighted by Gasteiger charge is -2.26. The smallest absolute Gasteiger partial charge is 0.318 e. The van der Waals surface area contributed by atoms with E-state index >= 15 is 4.39 Å². The van der Waals surface area contributed by atoms with E-state index in [1.54, 1.807) is 19.1 Å². The van der Waals surface area contributed by atoms with Crippen LogP contribution in [0.15, 0.2) is 18.2 Å². The Hall–Kier alpha value is -2.85. The molecule has 3 N–H and O–H groups in total. The molecule has 0 aliphatic carbocycles. The van der Waals surface area contributed by atoms with Gasteiger partial charge < -0.3 is 20.7 Å². The minimum Gasteiger partial charge on any atom is -0.467 e. The van der Waals surface area contributed by atoms with E-state index in [-0.39, 0.29) is 51.4 Å². The number of rotatable bonds is 3. The van der Waals surface area contributed by atoms with Crippen LogP contribution in [0.2, 0.25) is 5.02 Å². The largest absolute Gasteiger partial charge is 0.467 e. The number of anilines is 2. The fraction of sp³-hybridized carbons (Fsp3) is 0.350. The van der Waals surface area contributed by atoms with E-state index in [9.17, 15) is 8.78 Å². The quantitative estimate of drug-likeness (QED) is 0.629. The van der Waals surface area contributed by atoms with Crippen molar-refractivity contribution in [3.63, 3.8) is 0 Å². The summed E-state index contributed by atoms with van der Waals surface area (Å²) in [5.74, 6) is -3.42. The summed E-state index contributed by atoms with van der Waals surface area (Å²) in [6.07, 6.45) is 0. The van der Waals surface area contributed by atoms with Gasteiger partial charge in [-0.05, 0) is 30.7 Å². The molecule has 0 unspecified atom stereocenters. The fourth-order valence-corrected chi connectivity index (χ4v) is 3.92. The van der Waals surface area contributed by atoms with Crippen molar-refractivity contribution in [3.05, 3.63) is 34.6 Å². The maximum Gasteiger partial charge on any atom is 0.318 e. The molecule has 0 radical (unpaired) electrons. The molecule has 0 atom stereocenters. The number of methoxy groups -OCH3 is 1. The third-order valence-corrected chi connectivity index (χ3v) is 5.23. The second-order valence-corrected chi connectivity index (χ2v) is 7.79. The highest BCUT2D eigenvalue weighted by molar-refractivity contribution is 6.34. The standard InChI is InChI=1S/C20H20ClF3N6O/c1-10-5-13(27-14(25)6-10)15-12(21)7-11-17(16(15)22)28-19(31-2)29-18(11)30-4-3-26-8-20(23,24)9-30/h5-7,26H,3-4,8-9H2,1-2H3,(H2,25,27). The Labute approximate surface area is 181 Å². The zero-order chi connectivity index (χ0) is 22.3. The molecule has 0 spiro atoms. The molecule has 3 heterocycles. The molecule has 2 aromatic heterocycles. The number of fused-ring (bicyclic) bond motifs is 1. The SMILES string of the molecule is COc1nc(N2CCNCC(F)(F)C2)c2cc(Cl)c(-c3cc(C)cc(N)n3)c(F)c2n1. The Morgan fingerprint density at radius 2 is 2.00 bits per heavy atom. The summed E-state index contributed by atoms with van der Waals surface area (Å²) in [5.41, 5.74) is 6.73. The minimum absolute atomic E-state index is 0.0131. The molecule has 0 amide bonds. The Morgan fingerprint density at radius 3 is 2.71 bits per heavy atom. The molecule has 31 heavy (non-hydrogen) atoms. The van der Waals surface area contributed by atoms with Gasteiger partial charge in [-0.15, -0.1) is 0 Å². The number of benzene rings is 1. The number of ether oxygens (including phenoxy) is 1. The van der Waals surface area contributed by atoms with E-state index in [0.29, 0.717) is 6.54 Å². The molecule has 164 valence electrons. The molecule has 1 aliphatic heterocycles. The number of alkyl halides is 2. The van der Waals surface area contributed by atoms with Crippen LogP contribution in [0.3, 0.4) is 0 Å². The third kappa shape index (κ3) is 4.17. The Bertz CT molecular complexity index is 1140. The summed E-state index contributed by atoms with van der Waals surface area (Å²) in [6.45, 7) is 1.30. The number of aromatic nitrogens is 3. The summed E-state index contributed by atoms with van der Waals surface area (Å²) < 4.78 is 49.2. The lowest BCUT2D eigenvalue weighted by molar-refractivity contribution is 0.0156. The number of nitrogen functional groups attached to an aromatic ring is 1. The predicted molar refractivity (Wildman–Crippen MR) is 113 cm³/mol. The number of nitrogens with zero attached hydrogens (tertiary/aromatic N) is 4. The number of aryl methyl sites for hydroxylation is 1. The molecule has 3 aromatic rings. The monoisotopic (exact) mass is 452 g/mol. The van der Waals surface area contributed by atoms with Crippen molar-refractivity contribution in [2.75, 3.05) is 43.9 Å². The van der Waals surface area contributed by atoms with Crippen LogP contribution >= 0.6 is 11.6 Å². The normalized spacial score (nSPS) is 16.4. The highest BCUT2D eigenvalue weighted by Crippen LogP contribution is 2.39. The first kappa shape index (κ1) is 21.4. The van der Waals surface area contributed by atoms with Crippen LogP contribution < -0.4 is 20.7 Å². The minimum atomic E-state index is -2.99. The average molecular weight is 453 g/mol. The molecule has 4 rings (SSSR count). The Kier molecular flexibility index (Phi) is 5.52. The predicted octanol–water partition coefficient (Wildman–Crippen LogP) is 3.43. The first-order valence-corrected chi connectivity index (χ1v) is 9.88. The average Bonchev–Trinajstić information content (AvgIpc) is 2.87. The van der Waals surface area contributed by atoms with Crippen LogP contribution in [0, 0.1) is 12.7 Å². The first-order chi connectivity index (χ1) is 14.7. The van der Waals surface area contributed by atoms with Crippen LogP contribution in [-0.2, 0) is 0 Å². The zero-order valence-electron chi connectivity index (χ0n) is 16.8. The van der Waals surface area contributed by atoms with Crippen molar-refractivity contribution >= 4 is 34.1 Å². The first-order valence-electron chi connectivity index (χ1n) is 9.50. The van der Waals surface area contributed by atoms with Gasteiger partial charge in [-0.2, -0.15) is 9.97 Å². The summed E-state index contributed by atoms with van der Waals surface area (Å²) in [5, 5.41) is 2.93. The molecule has 7 nitrogen and oxygen atoms in total. The van der Waals surface area contributed by atoms with Crippen molar-refractivity contribution in [3.8, 4) is 17.3 Å². The van der Waals surface area contributed by atoms with Gasteiger partial charge in [-0.25, -0.2) is 18.2 Å². The van der Waals surface area contributed by atoms with E-state index in [0.717, 1.165) is 5.56 Å². The maximum absolute atomic E-state index is 15.7. The number of nitrogens with two attached hydrogens (primary N) is 1. The van der Waals surface area contributed by atoms with Crippen LogP contribution in [0.4, 0.5) is 24.8 Å². The van der Waals surface area contributed by atoms with Gasteiger partial charge >= 0.3 is 6.01 Å². The molecule has 1 aromatic carbocycles. The highest BCUT2D eigenvalue weighted by atomic mass is 35.5. The van der Waals surface area contributed by atoms with E-state index in [1.807, 2.05) is 0 Å². The van der Waals surface area contributed by atoms with Gasteiger partial charge in [0.15, 0.2) is 5.82 Å². The van der Waals surface area contributed by atoms with Gasteiger partial charge in [-0.1, -0.05) is 11.6 Å². The second-order valence-electron chi connectivity index (χ2n) is 7.39. The van der Waals surface area contributed by atoms with Crippen molar-refractivity contribution in [2.24, 2.45) is 0 Å². The van der Waals surface area contributed by atoms with Crippen molar-refractivity contribution in [1.82, 2.24) is 20.3 Å². The molecule has 1 aliphatic rings. The summed E-state index contributed by atoms with van der Waals surface area (Å²) in [6, 6.07) is 4.60.